The van der Waals surface area contributed by atoms with E-state index >= 15 is 0 Å². The highest BCUT2D eigenvalue weighted by Crippen LogP contribution is 2.23. The van der Waals surface area contributed by atoms with Gasteiger partial charge in [0.25, 0.3) is 0 Å². The number of phenols is 1. The lowest BCUT2D eigenvalue weighted by Crippen LogP contribution is -2.09. The van der Waals surface area contributed by atoms with Gasteiger partial charge in [-0.25, -0.2) is 4.79 Å². The monoisotopic (exact) mass is 181 g/mol. The maximum atomic E-state index is 10.5. The van der Waals surface area contributed by atoms with Gasteiger partial charge >= 0.3 is 5.97 Å². The molecule has 0 aliphatic carbocycles. The zero-order chi connectivity index (χ0) is 10.0. The van der Waals surface area contributed by atoms with Crippen molar-refractivity contribution in [3.63, 3.8) is 0 Å². The highest BCUT2D eigenvalue weighted by atomic mass is 16.4. The molecule has 0 bridgehead atoms. The molecular formula is C9H11NO3. The van der Waals surface area contributed by atoms with Gasteiger partial charge in [0.2, 0.25) is 0 Å². The predicted molar refractivity (Wildman–Crippen MR) is 49.4 cm³/mol. The summed E-state index contributed by atoms with van der Waals surface area (Å²) in [6.07, 6.45) is 0. The number of carboxylic acids is 1. The van der Waals surface area contributed by atoms with Crippen molar-refractivity contribution in [1.82, 2.24) is 0 Å². The molecule has 1 rings (SSSR count). The van der Waals surface area contributed by atoms with Crippen LogP contribution in [0.15, 0.2) is 18.2 Å². The molecule has 0 atom stereocenters. The van der Waals surface area contributed by atoms with E-state index in [0.29, 0.717) is 0 Å². The van der Waals surface area contributed by atoms with E-state index in [1.54, 1.807) is 11.0 Å². The minimum Gasteiger partial charge on any atom is -0.507 e. The molecule has 4 heteroatoms. The average Bonchev–Trinajstić information content (AvgIpc) is 2.03. The minimum absolute atomic E-state index is 0.0781. The number of carboxylic acid groups (broad SMARTS) is 1. The van der Waals surface area contributed by atoms with E-state index in [0.717, 1.165) is 5.69 Å². The summed E-state index contributed by atoms with van der Waals surface area (Å²) in [7, 11) is 3.63. The Labute approximate surface area is 76.0 Å². The van der Waals surface area contributed by atoms with E-state index in [9.17, 15) is 9.90 Å². The molecule has 13 heavy (non-hydrogen) atoms. The zero-order valence-electron chi connectivity index (χ0n) is 7.48. The number of carbonyl (C=O) groups is 1. The summed E-state index contributed by atoms with van der Waals surface area (Å²) in [5.74, 6) is -1.33. The van der Waals surface area contributed by atoms with E-state index in [4.69, 9.17) is 5.11 Å². The summed E-state index contributed by atoms with van der Waals surface area (Å²) in [6, 6.07) is 4.44. The molecule has 0 aliphatic rings. The first-order valence-corrected chi connectivity index (χ1v) is 3.76. The summed E-state index contributed by atoms with van der Waals surface area (Å²) in [5.41, 5.74) is 0.688. The van der Waals surface area contributed by atoms with Gasteiger partial charge in [-0.3, -0.25) is 0 Å². The molecule has 1 aromatic carbocycles. The standard InChI is InChI=1S/C9H11NO3/c1-10(2)6-3-4-7(9(12)13)8(11)5-6/h3-5,11H,1-2H3,(H,12,13). The summed E-state index contributed by atoms with van der Waals surface area (Å²) < 4.78 is 0. The van der Waals surface area contributed by atoms with Crippen molar-refractivity contribution in [3.8, 4) is 5.75 Å². The van der Waals surface area contributed by atoms with Crippen LogP contribution in [0.2, 0.25) is 0 Å². The Morgan fingerprint density at radius 1 is 1.38 bits per heavy atom. The molecule has 0 fully saturated rings. The lowest BCUT2D eigenvalue weighted by molar-refractivity contribution is 0.0694. The average molecular weight is 181 g/mol. The molecule has 70 valence electrons. The Morgan fingerprint density at radius 3 is 2.38 bits per heavy atom. The Bertz CT molecular complexity index is 334. The van der Waals surface area contributed by atoms with Gasteiger partial charge in [0.15, 0.2) is 0 Å². The van der Waals surface area contributed by atoms with Crippen molar-refractivity contribution in [2.45, 2.75) is 0 Å². The second kappa shape index (κ2) is 3.35. The number of aromatic carboxylic acids is 1. The molecule has 2 N–H and O–H groups in total. The van der Waals surface area contributed by atoms with E-state index in [1.165, 1.54) is 12.1 Å². The number of anilines is 1. The van der Waals surface area contributed by atoms with Gasteiger partial charge in [-0.2, -0.15) is 0 Å². The van der Waals surface area contributed by atoms with Gasteiger partial charge < -0.3 is 15.1 Å². The SMILES string of the molecule is CN(C)c1ccc(C(=O)O)c(O)c1. The number of aromatic hydroxyl groups is 1. The third-order valence-electron chi connectivity index (χ3n) is 1.73. The maximum absolute atomic E-state index is 10.5. The molecule has 4 nitrogen and oxygen atoms in total. The van der Waals surface area contributed by atoms with Crippen LogP contribution in [0.5, 0.6) is 5.75 Å². The minimum atomic E-state index is -1.12. The van der Waals surface area contributed by atoms with Crippen molar-refractivity contribution in [1.29, 1.82) is 0 Å². The fourth-order valence-corrected chi connectivity index (χ4v) is 0.979. The van der Waals surface area contributed by atoms with Crippen LogP contribution >= 0.6 is 0 Å². The number of hydrogen-bond donors (Lipinski definition) is 2. The first-order valence-electron chi connectivity index (χ1n) is 3.76. The van der Waals surface area contributed by atoms with Crippen LogP contribution in [0, 0.1) is 0 Å². The van der Waals surface area contributed by atoms with Gasteiger partial charge in [-0.05, 0) is 12.1 Å². The summed E-state index contributed by atoms with van der Waals surface area (Å²) in [5, 5.41) is 17.9. The lowest BCUT2D eigenvalue weighted by Gasteiger charge is -2.12. The van der Waals surface area contributed by atoms with Gasteiger partial charge in [-0.1, -0.05) is 0 Å². The Hall–Kier alpha value is -1.71. The Balaban J connectivity index is 3.13. The van der Waals surface area contributed by atoms with Crippen LogP contribution in [0.25, 0.3) is 0 Å². The van der Waals surface area contributed by atoms with Crippen molar-refractivity contribution in [2.24, 2.45) is 0 Å². The topological polar surface area (TPSA) is 60.8 Å². The van der Waals surface area contributed by atoms with Crippen molar-refractivity contribution >= 4 is 11.7 Å². The number of benzene rings is 1. The van der Waals surface area contributed by atoms with Crippen LogP contribution in [-0.2, 0) is 0 Å². The Morgan fingerprint density at radius 2 is 2.00 bits per heavy atom. The third-order valence-corrected chi connectivity index (χ3v) is 1.73. The molecule has 0 radical (unpaired) electrons. The fraction of sp³-hybridized carbons (Fsp3) is 0.222. The highest BCUT2D eigenvalue weighted by Gasteiger charge is 2.09. The normalized spacial score (nSPS) is 9.69. The molecule has 0 aliphatic heterocycles. The van der Waals surface area contributed by atoms with Crippen LogP contribution < -0.4 is 4.90 Å². The number of nitrogens with zero attached hydrogens (tertiary/aromatic N) is 1. The molecule has 0 heterocycles. The van der Waals surface area contributed by atoms with Crippen molar-refractivity contribution in [3.05, 3.63) is 23.8 Å². The fourth-order valence-electron chi connectivity index (χ4n) is 0.979. The van der Waals surface area contributed by atoms with Gasteiger partial charge in [0, 0.05) is 25.8 Å². The second-order valence-electron chi connectivity index (χ2n) is 2.90. The van der Waals surface area contributed by atoms with Gasteiger partial charge in [0.1, 0.15) is 11.3 Å². The summed E-state index contributed by atoms with van der Waals surface area (Å²) >= 11 is 0. The largest absolute Gasteiger partial charge is 0.507 e. The lowest BCUT2D eigenvalue weighted by atomic mass is 10.2. The van der Waals surface area contributed by atoms with Crippen molar-refractivity contribution in [2.75, 3.05) is 19.0 Å². The van der Waals surface area contributed by atoms with Crippen molar-refractivity contribution < 1.29 is 15.0 Å². The highest BCUT2D eigenvalue weighted by molar-refractivity contribution is 5.91. The van der Waals surface area contributed by atoms with Crippen LogP contribution in [0.3, 0.4) is 0 Å². The van der Waals surface area contributed by atoms with Crippen LogP contribution in [0.1, 0.15) is 10.4 Å². The predicted octanol–water partition coefficient (Wildman–Crippen LogP) is 1.16. The van der Waals surface area contributed by atoms with Crippen LogP contribution in [0.4, 0.5) is 5.69 Å². The molecule has 0 spiro atoms. The zero-order valence-corrected chi connectivity index (χ0v) is 7.48. The van der Waals surface area contributed by atoms with E-state index in [-0.39, 0.29) is 11.3 Å². The molecule has 0 saturated heterocycles. The third kappa shape index (κ3) is 1.90. The van der Waals surface area contributed by atoms with Gasteiger partial charge in [0.05, 0.1) is 0 Å². The molecular weight excluding hydrogens is 170 g/mol. The molecule has 0 aromatic heterocycles. The van der Waals surface area contributed by atoms with E-state index in [2.05, 4.69) is 0 Å². The molecule has 0 amide bonds. The summed E-state index contributed by atoms with van der Waals surface area (Å²) in [4.78, 5) is 12.3. The molecule has 0 saturated carbocycles. The second-order valence-corrected chi connectivity index (χ2v) is 2.90. The first kappa shape index (κ1) is 9.38. The first-order chi connectivity index (χ1) is 6.02. The molecule has 0 unspecified atom stereocenters. The summed E-state index contributed by atoms with van der Waals surface area (Å²) in [6.45, 7) is 0. The smallest absolute Gasteiger partial charge is 0.339 e. The maximum Gasteiger partial charge on any atom is 0.339 e. The number of rotatable bonds is 2. The van der Waals surface area contributed by atoms with E-state index in [1.807, 2.05) is 14.1 Å². The number of hydrogen-bond acceptors (Lipinski definition) is 3. The van der Waals surface area contributed by atoms with E-state index < -0.39 is 5.97 Å². The van der Waals surface area contributed by atoms with Gasteiger partial charge in [-0.15, -0.1) is 0 Å². The quantitative estimate of drug-likeness (QED) is 0.718. The molecule has 1 aromatic rings. The Kier molecular flexibility index (Phi) is 2.41. The van der Waals surface area contributed by atoms with Crippen LogP contribution in [-0.4, -0.2) is 30.3 Å².